The Morgan fingerprint density at radius 2 is 1.80 bits per heavy atom. The van der Waals surface area contributed by atoms with Gasteiger partial charge in [-0.1, -0.05) is 41.4 Å². The molecule has 0 bridgehead atoms. The molecular weight excluding hydrogens is 291 g/mol. The lowest BCUT2D eigenvalue weighted by molar-refractivity contribution is 0.401. The summed E-state index contributed by atoms with van der Waals surface area (Å²) in [7, 11) is 0. The number of nitrogen functional groups attached to an aromatic ring is 1. The highest BCUT2D eigenvalue weighted by Gasteiger charge is 2.20. The minimum atomic E-state index is -0.209. The van der Waals surface area contributed by atoms with E-state index in [4.69, 9.17) is 28.9 Å². The van der Waals surface area contributed by atoms with E-state index < -0.39 is 0 Å². The summed E-state index contributed by atoms with van der Waals surface area (Å²) in [6, 6.07) is 13.6. The lowest BCUT2D eigenvalue weighted by Gasteiger charge is -2.27. The number of halogens is 2. The van der Waals surface area contributed by atoms with Gasteiger partial charge in [-0.25, -0.2) is 0 Å². The van der Waals surface area contributed by atoms with Gasteiger partial charge in [0, 0.05) is 17.8 Å². The second-order valence-electron chi connectivity index (χ2n) is 5.35. The third-order valence-corrected chi connectivity index (χ3v) is 4.07. The van der Waals surface area contributed by atoms with Crippen LogP contribution in [-0.2, 0) is 12.1 Å². The van der Waals surface area contributed by atoms with Crippen molar-refractivity contribution in [3.8, 4) is 0 Å². The van der Waals surface area contributed by atoms with Gasteiger partial charge in [0.15, 0.2) is 0 Å². The fraction of sp³-hybridized carbons (Fsp3) is 0.250. The van der Waals surface area contributed by atoms with E-state index >= 15 is 0 Å². The van der Waals surface area contributed by atoms with Crippen molar-refractivity contribution in [3.63, 3.8) is 0 Å². The van der Waals surface area contributed by atoms with E-state index in [1.54, 1.807) is 0 Å². The molecule has 106 valence electrons. The molecule has 0 spiro atoms. The van der Waals surface area contributed by atoms with Gasteiger partial charge in [0.1, 0.15) is 0 Å². The predicted octanol–water partition coefficient (Wildman–Crippen LogP) is 4.60. The zero-order chi connectivity index (χ0) is 14.8. The Kier molecular flexibility index (Phi) is 4.59. The van der Waals surface area contributed by atoms with Gasteiger partial charge in [-0.2, -0.15) is 0 Å². The number of benzene rings is 2. The maximum atomic E-state index is 6.08. The molecular formula is C16H18Cl2N2. The highest BCUT2D eigenvalue weighted by atomic mass is 35.5. The summed E-state index contributed by atoms with van der Waals surface area (Å²) in [5, 5.41) is 4.65. The van der Waals surface area contributed by atoms with Crippen molar-refractivity contribution < 1.29 is 0 Å². The fourth-order valence-corrected chi connectivity index (χ4v) is 2.31. The first kappa shape index (κ1) is 15.2. The van der Waals surface area contributed by atoms with Crippen molar-refractivity contribution in [2.45, 2.75) is 25.9 Å². The van der Waals surface area contributed by atoms with Crippen molar-refractivity contribution in [3.05, 3.63) is 63.6 Å². The summed E-state index contributed by atoms with van der Waals surface area (Å²) in [4.78, 5) is 0. The Morgan fingerprint density at radius 3 is 2.45 bits per heavy atom. The van der Waals surface area contributed by atoms with Crippen molar-refractivity contribution >= 4 is 28.9 Å². The number of hydrogen-bond donors (Lipinski definition) is 2. The van der Waals surface area contributed by atoms with E-state index in [1.165, 1.54) is 0 Å². The molecule has 3 N–H and O–H groups in total. The van der Waals surface area contributed by atoms with Crippen molar-refractivity contribution in [1.82, 2.24) is 5.32 Å². The number of nitrogens with one attached hydrogen (secondary N) is 1. The van der Waals surface area contributed by atoms with Gasteiger partial charge in [0.2, 0.25) is 0 Å². The van der Waals surface area contributed by atoms with Crippen LogP contribution in [0.3, 0.4) is 0 Å². The van der Waals surface area contributed by atoms with Crippen LogP contribution in [0.15, 0.2) is 42.5 Å². The average molecular weight is 309 g/mol. The maximum Gasteiger partial charge on any atom is 0.0595 e. The molecule has 0 saturated heterocycles. The molecule has 0 unspecified atom stereocenters. The lowest BCUT2D eigenvalue weighted by atomic mass is 9.94. The molecule has 0 aromatic heterocycles. The minimum Gasteiger partial charge on any atom is -0.399 e. The van der Waals surface area contributed by atoms with E-state index in [9.17, 15) is 0 Å². The largest absolute Gasteiger partial charge is 0.399 e. The maximum absolute atomic E-state index is 6.08. The van der Waals surface area contributed by atoms with Gasteiger partial charge >= 0.3 is 0 Å². The molecule has 0 fully saturated rings. The van der Waals surface area contributed by atoms with Crippen LogP contribution in [0, 0.1) is 0 Å². The number of anilines is 1. The summed E-state index contributed by atoms with van der Waals surface area (Å²) < 4.78 is 0. The molecule has 2 rings (SSSR count). The van der Waals surface area contributed by atoms with Gasteiger partial charge < -0.3 is 11.1 Å². The summed E-state index contributed by atoms with van der Waals surface area (Å²) >= 11 is 12.0. The van der Waals surface area contributed by atoms with E-state index in [-0.39, 0.29) is 5.54 Å². The Morgan fingerprint density at radius 1 is 1.05 bits per heavy atom. The SMILES string of the molecule is CC(C)(NCc1cccc(N)c1)c1ccc(Cl)c(Cl)c1. The van der Waals surface area contributed by atoms with E-state index in [1.807, 2.05) is 42.5 Å². The average Bonchev–Trinajstić information content (AvgIpc) is 2.40. The zero-order valence-electron chi connectivity index (χ0n) is 11.6. The Bertz CT molecular complexity index is 609. The van der Waals surface area contributed by atoms with Crippen LogP contribution in [0.2, 0.25) is 10.0 Å². The molecule has 0 aliphatic rings. The van der Waals surface area contributed by atoms with Crippen LogP contribution in [0.4, 0.5) is 5.69 Å². The smallest absolute Gasteiger partial charge is 0.0595 e. The van der Waals surface area contributed by atoms with E-state index in [0.29, 0.717) is 10.0 Å². The monoisotopic (exact) mass is 308 g/mol. The van der Waals surface area contributed by atoms with Crippen molar-refractivity contribution in [2.75, 3.05) is 5.73 Å². The first-order valence-electron chi connectivity index (χ1n) is 6.43. The Balaban J connectivity index is 2.12. The molecule has 0 heterocycles. The number of nitrogens with two attached hydrogens (primary N) is 1. The fourth-order valence-electron chi connectivity index (χ4n) is 2.01. The van der Waals surface area contributed by atoms with Crippen molar-refractivity contribution in [2.24, 2.45) is 0 Å². The molecule has 20 heavy (non-hydrogen) atoms. The predicted molar refractivity (Wildman–Crippen MR) is 87.2 cm³/mol. The third kappa shape index (κ3) is 3.66. The summed E-state index contributed by atoms with van der Waals surface area (Å²) in [6.07, 6.45) is 0. The molecule has 4 heteroatoms. The van der Waals surface area contributed by atoms with Crippen LogP contribution in [0.5, 0.6) is 0 Å². The molecule has 2 aromatic rings. The lowest BCUT2D eigenvalue weighted by Crippen LogP contribution is -2.35. The summed E-state index contributed by atoms with van der Waals surface area (Å²) in [5.74, 6) is 0. The summed E-state index contributed by atoms with van der Waals surface area (Å²) in [6.45, 7) is 4.95. The Hall–Kier alpha value is -1.22. The third-order valence-electron chi connectivity index (χ3n) is 3.33. The minimum absolute atomic E-state index is 0.209. The van der Waals surface area contributed by atoms with Crippen LogP contribution in [-0.4, -0.2) is 0 Å². The van der Waals surface area contributed by atoms with Crippen LogP contribution < -0.4 is 11.1 Å². The molecule has 0 amide bonds. The summed E-state index contributed by atoms with van der Waals surface area (Å²) in [5.41, 5.74) is 8.60. The first-order valence-corrected chi connectivity index (χ1v) is 7.19. The van der Waals surface area contributed by atoms with Gasteiger partial charge in [-0.05, 0) is 49.2 Å². The van der Waals surface area contributed by atoms with E-state index in [2.05, 4.69) is 19.2 Å². The van der Waals surface area contributed by atoms with Gasteiger partial charge in [0.05, 0.1) is 10.0 Å². The van der Waals surface area contributed by atoms with Crippen LogP contribution >= 0.6 is 23.2 Å². The zero-order valence-corrected chi connectivity index (χ0v) is 13.1. The topological polar surface area (TPSA) is 38.0 Å². The highest BCUT2D eigenvalue weighted by molar-refractivity contribution is 6.42. The second kappa shape index (κ2) is 6.04. The molecule has 2 nitrogen and oxygen atoms in total. The standard InChI is InChI=1S/C16H18Cl2N2/c1-16(2,12-6-7-14(17)15(18)9-12)20-10-11-4-3-5-13(19)8-11/h3-9,20H,10,19H2,1-2H3. The highest BCUT2D eigenvalue weighted by Crippen LogP contribution is 2.28. The number of rotatable bonds is 4. The van der Waals surface area contributed by atoms with Gasteiger partial charge in [-0.3, -0.25) is 0 Å². The van der Waals surface area contributed by atoms with E-state index in [0.717, 1.165) is 23.4 Å². The Labute approximate surface area is 129 Å². The molecule has 0 aliphatic heterocycles. The van der Waals surface area contributed by atoms with Gasteiger partial charge in [0.25, 0.3) is 0 Å². The van der Waals surface area contributed by atoms with Crippen molar-refractivity contribution in [1.29, 1.82) is 0 Å². The number of hydrogen-bond acceptors (Lipinski definition) is 2. The molecule has 0 radical (unpaired) electrons. The molecule has 2 aromatic carbocycles. The van der Waals surface area contributed by atoms with Gasteiger partial charge in [-0.15, -0.1) is 0 Å². The van der Waals surface area contributed by atoms with Crippen LogP contribution in [0.25, 0.3) is 0 Å². The molecule has 0 saturated carbocycles. The normalized spacial score (nSPS) is 11.6. The molecule has 0 aliphatic carbocycles. The first-order chi connectivity index (χ1) is 9.38. The quantitative estimate of drug-likeness (QED) is 0.810. The van der Waals surface area contributed by atoms with Crippen LogP contribution in [0.1, 0.15) is 25.0 Å². The second-order valence-corrected chi connectivity index (χ2v) is 6.17. The molecule has 0 atom stereocenters.